The Labute approximate surface area is 231 Å². The molecule has 0 bridgehead atoms. The highest BCUT2D eigenvalue weighted by atomic mass is 16.3. The normalized spacial score (nSPS) is 11.9. The average Bonchev–Trinajstić information content (AvgIpc) is 3.50. The Morgan fingerprint density at radius 2 is 1.38 bits per heavy atom. The van der Waals surface area contributed by atoms with E-state index in [0.29, 0.717) is 11.8 Å². The van der Waals surface area contributed by atoms with Gasteiger partial charge in [-0.1, -0.05) is 100 Å². The summed E-state index contributed by atoms with van der Waals surface area (Å²) in [6.45, 7) is 13.5. The fraction of sp³-hybridized carbons (Fsp3) is 0.250. The minimum Gasteiger partial charge on any atom is -0.455 e. The molecule has 0 spiro atoms. The zero-order valence-corrected chi connectivity index (χ0v) is 24.0. The lowest BCUT2D eigenvalue weighted by atomic mass is 9.92. The Bertz CT molecular complexity index is 1810. The number of hydrogen-bond donors (Lipinski definition) is 0. The summed E-state index contributed by atoms with van der Waals surface area (Å²) in [5.41, 5.74) is 11.8. The predicted molar refractivity (Wildman–Crippen MR) is 163 cm³/mol. The molecule has 39 heavy (non-hydrogen) atoms. The van der Waals surface area contributed by atoms with Crippen LogP contribution in [0.4, 0.5) is 0 Å². The molecule has 196 valence electrons. The van der Waals surface area contributed by atoms with Gasteiger partial charge in [-0.05, 0) is 47.9 Å². The van der Waals surface area contributed by atoms with E-state index < -0.39 is 0 Å². The number of benzene rings is 4. The number of rotatable bonds is 5. The molecule has 3 nitrogen and oxygen atoms in total. The van der Waals surface area contributed by atoms with Crippen LogP contribution in [0.5, 0.6) is 0 Å². The molecule has 0 saturated carbocycles. The Morgan fingerprint density at radius 1 is 0.718 bits per heavy atom. The van der Waals surface area contributed by atoms with E-state index in [2.05, 4.69) is 143 Å². The van der Waals surface area contributed by atoms with Crippen LogP contribution >= 0.6 is 0 Å². The van der Waals surface area contributed by atoms with Gasteiger partial charge in [0.05, 0.1) is 7.05 Å². The van der Waals surface area contributed by atoms with Gasteiger partial charge in [0.15, 0.2) is 5.58 Å². The summed E-state index contributed by atoms with van der Waals surface area (Å²) in [4.78, 5) is 0. The second kappa shape index (κ2) is 9.57. The Balaban J connectivity index is 1.72. The van der Waals surface area contributed by atoms with E-state index in [0.717, 1.165) is 33.5 Å². The van der Waals surface area contributed by atoms with Crippen molar-refractivity contribution in [2.45, 2.75) is 53.4 Å². The first-order valence-corrected chi connectivity index (χ1v) is 14.0. The van der Waals surface area contributed by atoms with Crippen LogP contribution in [-0.2, 0) is 7.05 Å². The highest BCUT2D eigenvalue weighted by Gasteiger charge is 2.30. The second-order valence-electron chi connectivity index (χ2n) is 11.4. The number of hydrogen-bond acceptors (Lipinski definition) is 1. The molecule has 0 aliphatic rings. The van der Waals surface area contributed by atoms with Crippen molar-refractivity contribution >= 4 is 21.9 Å². The maximum atomic E-state index is 6.86. The summed E-state index contributed by atoms with van der Waals surface area (Å²) < 4.78 is 11.5. The SMILES string of the molecule is Cc1ccc2c(oc3c(C)ccc(-c4ccccc4)c32)c1-c1n(-c2c(C(C)C)cccc2C(C)C)cc[n+]1C. The molecule has 0 amide bonds. The van der Waals surface area contributed by atoms with Crippen molar-refractivity contribution in [3.8, 4) is 28.2 Å². The lowest BCUT2D eigenvalue weighted by molar-refractivity contribution is -0.659. The quantitative estimate of drug-likeness (QED) is 0.210. The van der Waals surface area contributed by atoms with Crippen molar-refractivity contribution in [1.29, 1.82) is 0 Å². The third-order valence-corrected chi connectivity index (χ3v) is 8.09. The molecule has 2 heterocycles. The maximum absolute atomic E-state index is 6.86. The van der Waals surface area contributed by atoms with Crippen molar-refractivity contribution in [3.63, 3.8) is 0 Å². The van der Waals surface area contributed by atoms with Crippen molar-refractivity contribution in [2.75, 3.05) is 0 Å². The van der Waals surface area contributed by atoms with Gasteiger partial charge in [-0.25, -0.2) is 4.57 Å². The summed E-state index contributed by atoms with van der Waals surface area (Å²) >= 11 is 0. The topological polar surface area (TPSA) is 21.9 Å². The molecular weight excluding hydrogens is 476 g/mol. The van der Waals surface area contributed by atoms with E-state index >= 15 is 0 Å². The Hall–Kier alpha value is -4.11. The number of nitrogens with zero attached hydrogens (tertiary/aromatic N) is 2. The third-order valence-electron chi connectivity index (χ3n) is 8.09. The van der Waals surface area contributed by atoms with Crippen LogP contribution in [0.1, 0.15) is 61.8 Å². The van der Waals surface area contributed by atoms with Crippen LogP contribution in [0.15, 0.2) is 89.6 Å². The zero-order valence-electron chi connectivity index (χ0n) is 24.0. The van der Waals surface area contributed by atoms with Gasteiger partial charge in [-0.3, -0.25) is 0 Å². The summed E-state index contributed by atoms with van der Waals surface area (Å²) in [5.74, 6) is 1.93. The summed E-state index contributed by atoms with van der Waals surface area (Å²) in [6, 6.07) is 26.3. The number of aryl methyl sites for hydroxylation is 3. The van der Waals surface area contributed by atoms with Crippen LogP contribution in [0.3, 0.4) is 0 Å². The van der Waals surface area contributed by atoms with Gasteiger partial charge in [0, 0.05) is 21.9 Å². The molecule has 6 aromatic rings. The van der Waals surface area contributed by atoms with E-state index in [4.69, 9.17) is 4.42 Å². The number of fused-ring (bicyclic) bond motifs is 3. The zero-order chi connectivity index (χ0) is 27.4. The van der Waals surface area contributed by atoms with Crippen LogP contribution < -0.4 is 4.57 Å². The molecule has 0 fully saturated rings. The smallest absolute Gasteiger partial charge is 0.297 e. The molecule has 2 aromatic heterocycles. The largest absolute Gasteiger partial charge is 0.455 e. The van der Waals surface area contributed by atoms with E-state index in [1.165, 1.54) is 38.9 Å². The number of aromatic nitrogens is 2. The predicted octanol–water partition coefficient (Wildman–Crippen LogP) is 9.40. The fourth-order valence-corrected chi connectivity index (χ4v) is 6.05. The standard InChI is InChI=1S/C36H37N2O/c1-22(2)27-14-11-15-28(23(3)4)33(27)38-21-20-37(7)36(38)31-24(5)16-19-30-32-29(26-12-9-8-10-13-26)18-17-25(6)34(32)39-35(30)31/h8-23H,1-7H3/q+1. The molecule has 6 rings (SSSR count). The molecule has 0 radical (unpaired) electrons. The molecule has 0 aliphatic carbocycles. The van der Waals surface area contributed by atoms with Crippen molar-refractivity contribution in [1.82, 2.24) is 4.57 Å². The molecule has 0 aliphatic heterocycles. The van der Waals surface area contributed by atoms with Crippen LogP contribution in [0.25, 0.3) is 50.1 Å². The van der Waals surface area contributed by atoms with Crippen molar-refractivity contribution < 1.29 is 8.98 Å². The summed E-state index contributed by atoms with van der Waals surface area (Å²) in [7, 11) is 2.14. The minimum atomic E-state index is 0.401. The number of furan rings is 1. The van der Waals surface area contributed by atoms with Gasteiger partial charge < -0.3 is 4.42 Å². The van der Waals surface area contributed by atoms with Gasteiger partial charge in [0.2, 0.25) is 0 Å². The number of para-hydroxylation sites is 1. The third kappa shape index (κ3) is 3.99. The maximum Gasteiger partial charge on any atom is 0.297 e. The molecular formula is C36H37N2O+. The average molecular weight is 514 g/mol. The first-order chi connectivity index (χ1) is 18.8. The van der Waals surface area contributed by atoms with Gasteiger partial charge in [0.25, 0.3) is 5.82 Å². The summed E-state index contributed by atoms with van der Waals surface area (Å²) in [5, 5.41) is 2.34. The number of imidazole rings is 1. The van der Waals surface area contributed by atoms with E-state index in [-0.39, 0.29) is 0 Å². The lowest BCUT2D eigenvalue weighted by Crippen LogP contribution is -2.29. The van der Waals surface area contributed by atoms with Gasteiger partial charge in [-0.15, -0.1) is 0 Å². The minimum absolute atomic E-state index is 0.401. The van der Waals surface area contributed by atoms with Gasteiger partial charge in [-0.2, -0.15) is 4.57 Å². The molecule has 4 aromatic carbocycles. The monoisotopic (exact) mass is 513 g/mol. The van der Waals surface area contributed by atoms with Gasteiger partial charge >= 0.3 is 0 Å². The molecule has 3 heteroatoms. The lowest BCUT2D eigenvalue weighted by Gasteiger charge is -2.18. The van der Waals surface area contributed by atoms with Crippen molar-refractivity contribution in [3.05, 3.63) is 107 Å². The highest BCUT2D eigenvalue weighted by Crippen LogP contribution is 2.43. The van der Waals surface area contributed by atoms with E-state index in [1.807, 2.05) is 0 Å². The van der Waals surface area contributed by atoms with Crippen LogP contribution in [0, 0.1) is 13.8 Å². The van der Waals surface area contributed by atoms with Crippen molar-refractivity contribution in [2.24, 2.45) is 7.05 Å². The van der Waals surface area contributed by atoms with Gasteiger partial charge in [0.1, 0.15) is 29.2 Å². The molecule has 0 saturated heterocycles. The van der Waals surface area contributed by atoms with Crippen LogP contribution in [0.2, 0.25) is 0 Å². The first-order valence-electron chi connectivity index (χ1n) is 14.0. The first kappa shape index (κ1) is 25.2. The Kier molecular flexibility index (Phi) is 6.18. The fourth-order valence-electron chi connectivity index (χ4n) is 6.05. The molecule has 0 atom stereocenters. The van der Waals surface area contributed by atoms with Crippen LogP contribution in [-0.4, -0.2) is 4.57 Å². The van der Waals surface area contributed by atoms with E-state index in [9.17, 15) is 0 Å². The van der Waals surface area contributed by atoms with E-state index in [1.54, 1.807) is 0 Å². The Morgan fingerprint density at radius 3 is 2.05 bits per heavy atom. The second-order valence-corrected chi connectivity index (χ2v) is 11.4. The molecule has 0 N–H and O–H groups in total. The molecule has 0 unspecified atom stereocenters. The summed E-state index contributed by atoms with van der Waals surface area (Å²) in [6.07, 6.45) is 4.38. The highest BCUT2D eigenvalue weighted by molar-refractivity contribution is 6.16.